The summed E-state index contributed by atoms with van der Waals surface area (Å²) in [4.78, 5) is 22.7. The molecule has 0 radical (unpaired) electrons. The maximum Gasteiger partial charge on any atom is 0.355 e. The van der Waals surface area contributed by atoms with Crippen LogP contribution < -0.4 is 4.74 Å². The van der Waals surface area contributed by atoms with Crippen molar-refractivity contribution in [2.75, 3.05) is 7.11 Å². The lowest BCUT2D eigenvalue weighted by Gasteiger charge is -2.05. The lowest BCUT2D eigenvalue weighted by molar-refractivity contribution is -0.145. The minimum absolute atomic E-state index is 0.0212. The van der Waals surface area contributed by atoms with E-state index in [0.29, 0.717) is 0 Å². The van der Waals surface area contributed by atoms with E-state index < -0.39 is 17.9 Å². The molecule has 5 nitrogen and oxygen atoms in total. The van der Waals surface area contributed by atoms with E-state index >= 15 is 0 Å². The summed E-state index contributed by atoms with van der Waals surface area (Å²) < 4.78 is 9.49. The van der Waals surface area contributed by atoms with Gasteiger partial charge in [0, 0.05) is 6.07 Å². The fourth-order valence-electron chi connectivity index (χ4n) is 1.40. The van der Waals surface area contributed by atoms with Crippen molar-refractivity contribution in [2.45, 2.75) is 6.10 Å². The predicted octanol–water partition coefficient (Wildman–Crippen LogP) is 0.509. The number of carbonyl (C=O) groups excluding carboxylic acids is 2. The molecule has 0 bridgehead atoms. The summed E-state index contributed by atoms with van der Waals surface area (Å²) in [7, 11) is 1.18. The van der Waals surface area contributed by atoms with Gasteiger partial charge in [-0.25, -0.2) is 4.79 Å². The van der Waals surface area contributed by atoms with Gasteiger partial charge < -0.3 is 14.6 Å². The van der Waals surface area contributed by atoms with E-state index in [4.69, 9.17) is 9.84 Å². The third kappa shape index (κ3) is 1.41. The van der Waals surface area contributed by atoms with Crippen molar-refractivity contribution in [3.63, 3.8) is 0 Å². The van der Waals surface area contributed by atoms with Crippen LogP contribution in [0.15, 0.2) is 18.2 Å². The number of ketones is 1. The first-order valence-corrected chi connectivity index (χ1v) is 4.25. The van der Waals surface area contributed by atoms with Gasteiger partial charge in [0.05, 0.1) is 12.7 Å². The minimum atomic E-state index is -1.24. The standard InChI is InChI=1S/C10H8O5/c1-14-10(13)9-8(12)6-3-2-5(11)4-7(6)15-9/h2-4,9,11H,1H3. The lowest BCUT2D eigenvalue weighted by atomic mass is 10.1. The van der Waals surface area contributed by atoms with Gasteiger partial charge in [0.2, 0.25) is 5.78 Å². The monoisotopic (exact) mass is 208 g/mol. The number of aromatic hydroxyl groups is 1. The fourth-order valence-corrected chi connectivity index (χ4v) is 1.40. The second-order valence-electron chi connectivity index (χ2n) is 3.07. The highest BCUT2D eigenvalue weighted by Gasteiger charge is 2.38. The van der Waals surface area contributed by atoms with Crippen LogP contribution in [-0.4, -0.2) is 30.1 Å². The first-order chi connectivity index (χ1) is 7.13. The number of fused-ring (bicyclic) bond motifs is 1. The highest BCUT2D eigenvalue weighted by atomic mass is 16.6. The molecule has 1 aromatic rings. The van der Waals surface area contributed by atoms with Crippen molar-refractivity contribution in [1.29, 1.82) is 0 Å². The van der Waals surface area contributed by atoms with Gasteiger partial charge in [0.15, 0.2) is 0 Å². The van der Waals surface area contributed by atoms with E-state index in [0.717, 1.165) is 0 Å². The Morgan fingerprint density at radius 2 is 2.27 bits per heavy atom. The highest BCUT2D eigenvalue weighted by Crippen LogP contribution is 2.32. The summed E-state index contributed by atoms with van der Waals surface area (Å²) in [6.45, 7) is 0. The van der Waals surface area contributed by atoms with Crippen LogP contribution in [0, 0.1) is 0 Å². The van der Waals surface area contributed by atoms with Crippen LogP contribution >= 0.6 is 0 Å². The molecule has 0 fully saturated rings. The zero-order valence-electron chi connectivity index (χ0n) is 7.89. The molecule has 1 aliphatic rings. The third-order valence-corrected chi connectivity index (χ3v) is 2.13. The van der Waals surface area contributed by atoms with Gasteiger partial charge in [-0.2, -0.15) is 0 Å². The Hall–Kier alpha value is -2.04. The number of phenolic OH excluding ortho intramolecular Hbond substituents is 1. The van der Waals surface area contributed by atoms with Crippen LogP contribution in [0.25, 0.3) is 0 Å². The van der Waals surface area contributed by atoms with E-state index in [1.165, 1.54) is 25.3 Å². The molecule has 0 spiro atoms. The third-order valence-electron chi connectivity index (χ3n) is 2.13. The van der Waals surface area contributed by atoms with Gasteiger partial charge >= 0.3 is 5.97 Å². The number of rotatable bonds is 1. The Balaban J connectivity index is 2.37. The molecule has 1 heterocycles. The Bertz CT molecular complexity index is 437. The first kappa shape index (κ1) is 9.51. The van der Waals surface area contributed by atoms with Crippen LogP contribution in [-0.2, 0) is 9.53 Å². The van der Waals surface area contributed by atoms with Crippen LogP contribution in [0.3, 0.4) is 0 Å². The zero-order chi connectivity index (χ0) is 11.0. The predicted molar refractivity (Wildman–Crippen MR) is 48.9 cm³/mol. The molecule has 15 heavy (non-hydrogen) atoms. The van der Waals surface area contributed by atoms with Crippen LogP contribution in [0.5, 0.6) is 11.5 Å². The van der Waals surface area contributed by atoms with Crippen molar-refractivity contribution in [3.8, 4) is 11.5 Å². The molecule has 0 saturated heterocycles. The Morgan fingerprint density at radius 1 is 1.53 bits per heavy atom. The molecule has 1 aromatic carbocycles. The Labute approximate surface area is 85.2 Å². The number of Topliss-reactive ketones (excluding diaryl/α,β-unsaturated/α-hetero) is 1. The number of phenols is 1. The number of carbonyl (C=O) groups is 2. The maximum atomic E-state index is 11.6. The molecule has 2 rings (SSSR count). The van der Waals surface area contributed by atoms with Crippen LogP contribution in [0.4, 0.5) is 0 Å². The van der Waals surface area contributed by atoms with Gasteiger partial charge in [-0.05, 0) is 12.1 Å². The number of benzene rings is 1. The van der Waals surface area contributed by atoms with Crippen molar-refractivity contribution >= 4 is 11.8 Å². The summed E-state index contributed by atoms with van der Waals surface area (Å²) in [5, 5.41) is 9.16. The van der Waals surface area contributed by atoms with Gasteiger partial charge in [-0.3, -0.25) is 4.79 Å². The molecule has 0 amide bonds. The van der Waals surface area contributed by atoms with Gasteiger partial charge in [0.25, 0.3) is 6.10 Å². The summed E-state index contributed by atoms with van der Waals surface area (Å²) in [5.74, 6) is -1.00. The minimum Gasteiger partial charge on any atom is -0.508 e. The smallest absolute Gasteiger partial charge is 0.355 e. The Kier molecular flexibility index (Phi) is 2.07. The van der Waals surface area contributed by atoms with Crippen LogP contribution in [0.1, 0.15) is 10.4 Å². The largest absolute Gasteiger partial charge is 0.508 e. The molecule has 1 aliphatic heterocycles. The van der Waals surface area contributed by atoms with Gasteiger partial charge in [0.1, 0.15) is 11.5 Å². The quantitative estimate of drug-likeness (QED) is 0.537. The summed E-state index contributed by atoms with van der Waals surface area (Å²) in [6.07, 6.45) is -1.24. The van der Waals surface area contributed by atoms with Crippen molar-refractivity contribution < 1.29 is 24.2 Å². The summed E-state index contributed by atoms with van der Waals surface area (Å²) >= 11 is 0. The number of esters is 1. The second-order valence-corrected chi connectivity index (χ2v) is 3.07. The summed E-state index contributed by atoms with van der Waals surface area (Å²) in [5.41, 5.74) is 0.281. The maximum absolute atomic E-state index is 11.6. The lowest BCUT2D eigenvalue weighted by Crippen LogP contribution is -2.31. The Morgan fingerprint density at radius 3 is 2.93 bits per heavy atom. The van der Waals surface area contributed by atoms with Crippen molar-refractivity contribution in [1.82, 2.24) is 0 Å². The van der Waals surface area contributed by atoms with Gasteiger partial charge in [-0.15, -0.1) is 0 Å². The molecule has 0 aromatic heterocycles. The van der Waals surface area contributed by atoms with E-state index in [1.807, 2.05) is 0 Å². The molecule has 5 heteroatoms. The van der Waals surface area contributed by atoms with E-state index in [1.54, 1.807) is 0 Å². The fraction of sp³-hybridized carbons (Fsp3) is 0.200. The molecule has 1 N–H and O–H groups in total. The average Bonchev–Trinajstić information content (AvgIpc) is 2.54. The molecular weight excluding hydrogens is 200 g/mol. The number of hydrogen-bond acceptors (Lipinski definition) is 5. The van der Waals surface area contributed by atoms with E-state index in [-0.39, 0.29) is 17.1 Å². The highest BCUT2D eigenvalue weighted by molar-refractivity contribution is 6.15. The summed E-state index contributed by atoms with van der Waals surface area (Å²) in [6, 6.07) is 4.06. The van der Waals surface area contributed by atoms with Gasteiger partial charge in [-0.1, -0.05) is 0 Å². The van der Waals surface area contributed by atoms with Crippen molar-refractivity contribution in [2.24, 2.45) is 0 Å². The molecule has 0 aliphatic carbocycles. The number of hydrogen-bond donors (Lipinski definition) is 1. The average molecular weight is 208 g/mol. The molecule has 0 saturated carbocycles. The SMILES string of the molecule is COC(=O)C1Oc2cc(O)ccc2C1=O. The molecule has 78 valence electrons. The van der Waals surface area contributed by atoms with Crippen LogP contribution in [0.2, 0.25) is 0 Å². The van der Waals surface area contributed by atoms with E-state index in [2.05, 4.69) is 4.74 Å². The topological polar surface area (TPSA) is 72.8 Å². The molecule has 1 atom stereocenters. The van der Waals surface area contributed by atoms with Crippen molar-refractivity contribution in [3.05, 3.63) is 23.8 Å². The number of ether oxygens (including phenoxy) is 2. The zero-order valence-corrected chi connectivity index (χ0v) is 7.89. The normalized spacial score (nSPS) is 18.2. The molecular formula is C10H8O5. The number of methoxy groups -OCH3 is 1. The second kappa shape index (κ2) is 3.27. The molecule has 1 unspecified atom stereocenters. The van der Waals surface area contributed by atoms with E-state index in [9.17, 15) is 9.59 Å². The first-order valence-electron chi connectivity index (χ1n) is 4.25.